The summed E-state index contributed by atoms with van der Waals surface area (Å²) in [4.78, 5) is 11.4. The Morgan fingerprint density at radius 3 is 2.22 bits per heavy atom. The molecule has 0 bridgehead atoms. The first kappa shape index (κ1) is 13.4. The Labute approximate surface area is 110 Å². The van der Waals surface area contributed by atoms with Crippen molar-refractivity contribution in [2.75, 3.05) is 0 Å². The van der Waals surface area contributed by atoms with Crippen LogP contribution in [0.5, 0.6) is 0 Å². The molecule has 1 aromatic carbocycles. The summed E-state index contributed by atoms with van der Waals surface area (Å²) in [7, 11) is 0. The van der Waals surface area contributed by atoms with Gasteiger partial charge in [-0.1, -0.05) is 12.8 Å². The monoisotopic (exact) mass is 322 g/mol. The molecule has 0 aliphatic heterocycles. The van der Waals surface area contributed by atoms with Crippen molar-refractivity contribution < 1.29 is 23.1 Å². The minimum Gasteiger partial charge on any atom is -0.481 e. The largest absolute Gasteiger partial charge is 0.481 e. The summed E-state index contributed by atoms with van der Waals surface area (Å²) in [5.41, 5.74) is -1.72. The first-order chi connectivity index (χ1) is 8.40. The number of hydrogen-bond donors (Lipinski definition) is 1. The highest BCUT2D eigenvalue weighted by Crippen LogP contribution is 2.44. The van der Waals surface area contributed by atoms with Gasteiger partial charge in [0.15, 0.2) is 17.5 Å². The summed E-state index contributed by atoms with van der Waals surface area (Å²) in [6, 6.07) is 1.03. The average Bonchev–Trinajstić information content (AvgIpc) is 2.81. The van der Waals surface area contributed by atoms with Gasteiger partial charge in [0.25, 0.3) is 0 Å². The molecule has 0 unspecified atom stereocenters. The molecule has 0 heterocycles. The molecule has 0 aromatic heterocycles. The molecule has 2 rings (SSSR count). The van der Waals surface area contributed by atoms with Crippen molar-refractivity contribution >= 4 is 21.9 Å². The Morgan fingerprint density at radius 2 is 1.72 bits per heavy atom. The van der Waals surface area contributed by atoms with Crippen molar-refractivity contribution in [2.24, 2.45) is 0 Å². The van der Waals surface area contributed by atoms with Crippen LogP contribution in [0.25, 0.3) is 0 Å². The SMILES string of the molecule is O=C(O)C1(c2cc(Br)c(F)c(F)c2F)CCCC1. The fourth-order valence-corrected chi connectivity index (χ4v) is 2.90. The molecular weight excluding hydrogens is 313 g/mol. The second-order valence-corrected chi connectivity index (χ2v) is 5.30. The highest BCUT2D eigenvalue weighted by atomic mass is 79.9. The maximum atomic E-state index is 13.8. The van der Waals surface area contributed by atoms with E-state index in [9.17, 15) is 23.1 Å². The Bertz CT molecular complexity index is 511. The third kappa shape index (κ3) is 1.83. The average molecular weight is 323 g/mol. The predicted octanol–water partition coefficient (Wildman–Crippen LogP) is 3.76. The highest BCUT2D eigenvalue weighted by molar-refractivity contribution is 9.10. The van der Waals surface area contributed by atoms with Gasteiger partial charge in [-0.05, 0) is 34.8 Å². The van der Waals surface area contributed by atoms with E-state index in [4.69, 9.17) is 0 Å². The summed E-state index contributed by atoms with van der Waals surface area (Å²) in [5, 5.41) is 9.29. The summed E-state index contributed by atoms with van der Waals surface area (Å²) in [5.74, 6) is -5.57. The number of rotatable bonds is 2. The van der Waals surface area contributed by atoms with Gasteiger partial charge < -0.3 is 5.11 Å². The third-order valence-electron chi connectivity index (χ3n) is 3.48. The van der Waals surface area contributed by atoms with Gasteiger partial charge in [-0.25, -0.2) is 13.2 Å². The Kier molecular flexibility index (Phi) is 3.40. The smallest absolute Gasteiger partial charge is 0.314 e. The zero-order valence-electron chi connectivity index (χ0n) is 9.27. The first-order valence-corrected chi connectivity index (χ1v) is 6.26. The number of hydrogen-bond acceptors (Lipinski definition) is 1. The van der Waals surface area contributed by atoms with Gasteiger partial charge in [0.2, 0.25) is 0 Å². The van der Waals surface area contributed by atoms with Crippen molar-refractivity contribution in [3.05, 3.63) is 33.6 Å². The fourth-order valence-electron chi connectivity index (χ4n) is 2.50. The van der Waals surface area contributed by atoms with Crippen LogP contribution in [0.3, 0.4) is 0 Å². The summed E-state index contributed by atoms with van der Waals surface area (Å²) in [6.45, 7) is 0. The Balaban J connectivity index is 2.67. The van der Waals surface area contributed by atoms with Crippen LogP contribution in [-0.2, 0) is 10.2 Å². The number of carboxylic acid groups (broad SMARTS) is 1. The molecule has 0 atom stereocenters. The molecule has 1 aromatic rings. The van der Waals surface area contributed by atoms with E-state index in [0.717, 1.165) is 6.07 Å². The molecule has 2 nitrogen and oxygen atoms in total. The number of benzene rings is 1. The van der Waals surface area contributed by atoms with Crippen molar-refractivity contribution in [1.82, 2.24) is 0 Å². The lowest BCUT2D eigenvalue weighted by Gasteiger charge is -2.25. The summed E-state index contributed by atoms with van der Waals surface area (Å²) < 4.78 is 40.1. The number of carboxylic acids is 1. The topological polar surface area (TPSA) is 37.3 Å². The minimum absolute atomic E-state index is 0.233. The van der Waals surface area contributed by atoms with E-state index in [0.29, 0.717) is 12.8 Å². The van der Waals surface area contributed by atoms with Crippen LogP contribution in [0.2, 0.25) is 0 Å². The number of carbonyl (C=O) groups is 1. The molecule has 0 spiro atoms. The summed E-state index contributed by atoms with van der Waals surface area (Å²) >= 11 is 2.78. The van der Waals surface area contributed by atoms with E-state index in [1.165, 1.54) is 0 Å². The highest BCUT2D eigenvalue weighted by Gasteiger charge is 2.45. The standard InChI is InChI=1S/C12H10BrF3O2/c13-7-5-6(8(14)10(16)9(7)15)12(11(17)18)3-1-2-4-12/h5H,1-4H2,(H,17,18). The van der Waals surface area contributed by atoms with E-state index < -0.39 is 28.8 Å². The predicted molar refractivity (Wildman–Crippen MR) is 61.8 cm³/mol. The second kappa shape index (κ2) is 4.57. The van der Waals surface area contributed by atoms with Gasteiger partial charge in [0.1, 0.15) is 0 Å². The van der Waals surface area contributed by atoms with Gasteiger partial charge in [-0.15, -0.1) is 0 Å². The van der Waals surface area contributed by atoms with Crippen molar-refractivity contribution in [3.63, 3.8) is 0 Å². The second-order valence-electron chi connectivity index (χ2n) is 4.44. The Hall–Kier alpha value is -1.04. The molecule has 0 saturated heterocycles. The van der Waals surface area contributed by atoms with Crippen molar-refractivity contribution in [3.8, 4) is 0 Å². The van der Waals surface area contributed by atoms with Crippen LogP contribution < -0.4 is 0 Å². The zero-order chi connectivity index (χ0) is 13.5. The van der Waals surface area contributed by atoms with E-state index >= 15 is 0 Å². The van der Waals surface area contributed by atoms with Gasteiger partial charge >= 0.3 is 5.97 Å². The van der Waals surface area contributed by atoms with Crippen molar-refractivity contribution in [2.45, 2.75) is 31.1 Å². The third-order valence-corrected chi connectivity index (χ3v) is 4.06. The minimum atomic E-state index is -1.63. The van der Waals surface area contributed by atoms with Gasteiger partial charge in [0, 0.05) is 5.56 Å². The van der Waals surface area contributed by atoms with E-state index in [1.807, 2.05) is 0 Å². The molecule has 6 heteroatoms. The molecule has 1 N–H and O–H groups in total. The molecule has 1 fully saturated rings. The molecule has 98 valence electrons. The lowest BCUT2D eigenvalue weighted by Crippen LogP contribution is -2.34. The molecule has 1 aliphatic carbocycles. The molecule has 0 amide bonds. The van der Waals surface area contributed by atoms with Crippen LogP contribution in [0, 0.1) is 17.5 Å². The van der Waals surface area contributed by atoms with Gasteiger partial charge in [-0.3, -0.25) is 4.79 Å². The number of halogens is 4. The van der Waals surface area contributed by atoms with Crippen LogP contribution >= 0.6 is 15.9 Å². The lowest BCUT2D eigenvalue weighted by molar-refractivity contribution is -0.143. The quantitative estimate of drug-likeness (QED) is 0.665. The van der Waals surface area contributed by atoms with Gasteiger partial charge in [-0.2, -0.15) is 0 Å². The van der Waals surface area contributed by atoms with E-state index in [1.54, 1.807) is 0 Å². The Morgan fingerprint density at radius 1 is 1.17 bits per heavy atom. The molecule has 1 aliphatic rings. The van der Waals surface area contributed by atoms with Crippen LogP contribution in [0.1, 0.15) is 31.2 Å². The van der Waals surface area contributed by atoms with Crippen LogP contribution in [0.15, 0.2) is 10.5 Å². The first-order valence-electron chi connectivity index (χ1n) is 5.47. The molecular formula is C12H10BrF3O2. The lowest BCUT2D eigenvalue weighted by atomic mass is 9.78. The molecule has 18 heavy (non-hydrogen) atoms. The van der Waals surface area contributed by atoms with Crippen LogP contribution in [-0.4, -0.2) is 11.1 Å². The van der Waals surface area contributed by atoms with Crippen LogP contribution in [0.4, 0.5) is 13.2 Å². The molecule has 0 radical (unpaired) electrons. The van der Waals surface area contributed by atoms with E-state index in [-0.39, 0.29) is 22.9 Å². The van der Waals surface area contributed by atoms with E-state index in [2.05, 4.69) is 15.9 Å². The summed E-state index contributed by atoms with van der Waals surface area (Å²) in [6.07, 6.45) is 1.72. The van der Waals surface area contributed by atoms with Crippen molar-refractivity contribution in [1.29, 1.82) is 0 Å². The normalized spacial score (nSPS) is 18.0. The maximum absolute atomic E-state index is 13.8. The zero-order valence-corrected chi connectivity index (χ0v) is 10.9. The number of aliphatic carboxylic acids is 1. The maximum Gasteiger partial charge on any atom is 0.314 e. The van der Waals surface area contributed by atoms with Gasteiger partial charge in [0.05, 0.1) is 9.89 Å². The fraction of sp³-hybridized carbons (Fsp3) is 0.417. The molecule has 1 saturated carbocycles.